The summed E-state index contributed by atoms with van der Waals surface area (Å²) in [5.41, 5.74) is 8.39. The molecule has 1 heterocycles. The van der Waals surface area contributed by atoms with E-state index in [2.05, 4.69) is 70.2 Å². The van der Waals surface area contributed by atoms with Crippen LogP contribution in [0.15, 0.2) is 48.8 Å². The second-order valence-corrected chi connectivity index (χ2v) is 11.0. The van der Waals surface area contributed by atoms with Gasteiger partial charge in [0, 0.05) is 12.7 Å². The van der Waals surface area contributed by atoms with Crippen LogP contribution in [0.5, 0.6) is 0 Å². The van der Waals surface area contributed by atoms with Crippen LogP contribution in [-0.2, 0) is 23.8 Å². The van der Waals surface area contributed by atoms with Crippen molar-refractivity contribution in [1.29, 1.82) is 0 Å². The number of aryl methyl sites for hydroxylation is 3. The predicted molar refractivity (Wildman–Crippen MR) is 139 cm³/mol. The Morgan fingerprint density at radius 2 is 1.68 bits per heavy atom. The first kappa shape index (κ1) is 24.0. The van der Waals surface area contributed by atoms with Crippen LogP contribution in [0.1, 0.15) is 90.7 Å². The van der Waals surface area contributed by atoms with Crippen LogP contribution < -0.4 is 0 Å². The molecule has 3 aromatic rings. The number of carbonyl (C=O) groups is 1. The monoisotopic (exact) mass is 456 g/mol. The lowest BCUT2D eigenvalue weighted by atomic mass is 9.62. The molecule has 1 aliphatic rings. The molecular formula is C30H36N2O2. The molecule has 0 atom stereocenters. The smallest absolute Gasteiger partial charge is 0.335 e. The van der Waals surface area contributed by atoms with E-state index in [-0.39, 0.29) is 10.8 Å². The minimum Gasteiger partial charge on any atom is -0.478 e. The van der Waals surface area contributed by atoms with Crippen molar-refractivity contribution in [2.24, 2.45) is 0 Å². The molecule has 34 heavy (non-hydrogen) atoms. The van der Waals surface area contributed by atoms with Gasteiger partial charge in [0.25, 0.3) is 0 Å². The van der Waals surface area contributed by atoms with E-state index < -0.39 is 5.97 Å². The summed E-state index contributed by atoms with van der Waals surface area (Å²) >= 11 is 0. The van der Waals surface area contributed by atoms with Gasteiger partial charge in [-0.2, -0.15) is 5.10 Å². The zero-order chi connectivity index (χ0) is 24.5. The fraction of sp³-hybridized carbons (Fsp3) is 0.400. The number of rotatable bonds is 7. The summed E-state index contributed by atoms with van der Waals surface area (Å²) in [6, 6.07) is 11.9. The molecule has 4 nitrogen and oxygen atoms in total. The molecule has 0 saturated carbocycles. The quantitative estimate of drug-likeness (QED) is 0.388. The van der Waals surface area contributed by atoms with Crippen LogP contribution in [-0.4, -0.2) is 20.9 Å². The average molecular weight is 457 g/mol. The summed E-state index contributed by atoms with van der Waals surface area (Å²) in [4.78, 5) is 11.2. The fourth-order valence-electron chi connectivity index (χ4n) is 4.99. The molecule has 0 bridgehead atoms. The lowest BCUT2D eigenvalue weighted by molar-refractivity contribution is 0.0697. The standard InChI is InChI=1S/C30H36N2O2/c1-21-19-31-32(20-21)16-6-7-24-17-26-27(30(4,5)15-14-29(26,2)3)18-25(24)13-10-22-8-11-23(12-9-22)28(33)34/h8-13,17-20H,6-7,14-16H2,1-5H3,(H,33,34)/b13-10+. The molecule has 2 aromatic carbocycles. The van der Waals surface area contributed by atoms with Gasteiger partial charge in [-0.05, 0) is 89.0 Å². The van der Waals surface area contributed by atoms with Crippen LogP contribution in [0, 0.1) is 6.92 Å². The number of benzene rings is 2. The highest BCUT2D eigenvalue weighted by Gasteiger charge is 2.37. The molecule has 1 N–H and O–H groups in total. The molecular weight excluding hydrogens is 420 g/mol. The summed E-state index contributed by atoms with van der Waals surface area (Å²) < 4.78 is 2.03. The van der Waals surface area contributed by atoms with Crippen LogP contribution >= 0.6 is 0 Å². The lowest BCUT2D eigenvalue weighted by Gasteiger charge is -2.42. The van der Waals surface area contributed by atoms with Gasteiger partial charge in [-0.1, -0.05) is 64.1 Å². The van der Waals surface area contributed by atoms with Crippen LogP contribution in [0.25, 0.3) is 12.2 Å². The summed E-state index contributed by atoms with van der Waals surface area (Å²) in [7, 11) is 0. The number of hydrogen-bond acceptors (Lipinski definition) is 2. The maximum Gasteiger partial charge on any atom is 0.335 e. The molecule has 4 heteroatoms. The number of aromatic nitrogens is 2. The summed E-state index contributed by atoms with van der Waals surface area (Å²) in [5, 5.41) is 13.6. The van der Waals surface area contributed by atoms with Gasteiger partial charge in [0.05, 0.1) is 11.8 Å². The maximum atomic E-state index is 11.2. The molecule has 178 valence electrons. The van der Waals surface area contributed by atoms with E-state index in [1.54, 1.807) is 12.1 Å². The van der Waals surface area contributed by atoms with E-state index in [0.29, 0.717) is 5.56 Å². The molecule has 0 radical (unpaired) electrons. The van der Waals surface area contributed by atoms with E-state index in [4.69, 9.17) is 5.11 Å². The zero-order valence-electron chi connectivity index (χ0n) is 21.1. The molecule has 1 aliphatic carbocycles. The van der Waals surface area contributed by atoms with E-state index in [9.17, 15) is 4.79 Å². The Hall–Kier alpha value is -3.14. The first-order valence-corrected chi connectivity index (χ1v) is 12.2. The van der Waals surface area contributed by atoms with Crippen molar-refractivity contribution in [2.45, 2.75) is 77.7 Å². The SMILES string of the molecule is Cc1cnn(CCCc2cc3c(cc2/C=C/c2ccc(C(=O)O)cc2)C(C)(C)CCC3(C)C)c1. The average Bonchev–Trinajstić information content (AvgIpc) is 3.21. The van der Waals surface area contributed by atoms with E-state index in [0.717, 1.165) is 24.9 Å². The van der Waals surface area contributed by atoms with Gasteiger partial charge < -0.3 is 5.11 Å². The largest absolute Gasteiger partial charge is 0.478 e. The van der Waals surface area contributed by atoms with Gasteiger partial charge >= 0.3 is 5.97 Å². The van der Waals surface area contributed by atoms with Gasteiger partial charge in [-0.25, -0.2) is 4.79 Å². The Balaban J connectivity index is 1.67. The van der Waals surface area contributed by atoms with E-state index >= 15 is 0 Å². The van der Waals surface area contributed by atoms with Crippen molar-refractivity contribution in [3.8, 4) is 0 Å². The molecule has 1 aromatic heterocycles. The Kier molecular flexibility index (Phi) is 6.53. The molecule has 0 fully saturated rings. The molecule has 0 amide bonds. The molecule has 0 aliphatic heterocycles. The molecule has 0 unspecified atom stereocenters. The third-order valence-corrected chi connectivity index (χ3v) is 7.32. The number of nitrogens with zero attached hydrogens (tertiary/aromatic N) is 2. The van der Waals surface area contributed by atoms with Crippen molar-refractivity contribution in [3.63, 3.8) is 0 Å². The first-order chi connectivity index (χ1) is 16.0. The zero-order valence-corrected chi connectivity index (χ0v) is 21.1. The molecule has 4 rings (SSSR count). The Labute approximate surface area is 203 Å². The number of carboxylic acids is 1. The highest BCUT2D eigenvalue weighted by Crippen LogP contribution is 2.46. The Bertz CT molecular complexity index is 1210. The second-order valence-electron chi connectivity index (χ2n) is 11.0. The number of carboxylic acid groups (broad SMARTS) is 1. The van der Waals surface area contributed by atoms with Crippen molar-refractivity contribution < 1.29 is 9.90 Å². The number of hydrogen-bond donors (Lipinski definition) is 1. The van der Waals surface area contributed by atoms with Crippen LogP contribution in [0.4, 0.5) is 0 Å². The number of aromatic carboxylic acids is 1. The van der Waals surface area contributed by atoms with Crippen molar-refractivity contribution in [3.05, 3.63) is 87.7 Å². The lowest BCUT2D eigenvalue weighted by Crippen LogP contribution is -2.34. The Morgan fingerprint density at radius 1 is 1.03 bits per heavy atom. The third-order valence-electron chi connectivity index (χ3n) is 7.32. The predicted octanol–water partition coefficient (Wildman–Crippen LogP) is 7.04. The second kappa shape index (κ2) is 9.25. The van der Waals surface area contributed by atoms with Gasteiger partial charge in [0.15, 0.2) is 0 Å². The number of fused-ring (bicyclic) bond motifs is 1. The van der Waals surface area contributed by atoms with Crippen LogP contribution in [0.2, 0.25) is 0 Å². The third kappa shape index (κ3) is 5.16. The van der Waals surface area contributed by atoms with E-state index in [1.165, 1.54) is 40.7 Å². The first-order valence-electron chi connectivity index (χ1n) is 12.2. The highest BCUT2D eigenvalue weighted by atomic mass is 16.4. The van der Waals surface area contributed by atoms with Gasteiger partial charge in [0.1, 0.15) is 0 Å². The maximum absolute atomic E-state index is 11.2. The fourth-order valence-corrected chi connectivity index (χ4v) is 4.99. The van der Waals surface area contributed by atoms with Crippen molar-refractivity contribution >= 4 is 18.1 Å². The van der Waals surface area contributed by atoms with Crippen LogP contribution in [0.3, 0.4) is 0 Å². The molecule has 0 saturated heterocycles. The summed E-state index contributed by atoms with van der Waals surface area (Å²) in [6.45, 7) is 12.4. The van der Waals surface area contributed by atoms with E-state index in [1.807, 2.05) is 23.0 Å². The van der Waals surface area contributed by atoms with Gasteiger partial charge in [-0.3, -0.25) is 4.68 Å². The topological polar surface area (TPSA) is 55.1 Å². The minimum atomic E-state index is -0.898. The minimum absolute atomic E-state index is 0.154. The summed E-state index contributed by atoms with van der Waals surface area (Å²) in [5.74, 6) is -0.898. The summed E-state index contributed by atoms with van der Waals surface area (Å²) in [6.07, 6.45) is 12.7. The van der Waals surface area contributed by atoms with Crippen molar-refractivity contribution in [1.82, 2.24) is 9.78 Å². The Morgan fingerprint density at radius 3 is 2.26 bits per heavy atom. The van der Waals surface area contributed by atoms with Gasteiger partial charge in [0.2, 0.25) is 0 Å². The van der Waals surface area contributed by atoms with Gasteiger partial charge in [-0.15, -0.1) is 0 Å². The molecule has 0 spiro atoms. The van der Waals surface area contributed by atoms with Crippen molar-refractivity contribution in [2.75, 3.05) is 0 Å². The normalized spacial score (nSPS) is 16.5. The highest BCUT2D eigenvalue weighted by molar-refractivity contribution is 5.88.